The van der Waals surface area contributed by atoms with Crippen molar-refractivity contribution >= 4 is 0 Å². The summed E-state index contributed by atoms with van der Waals surface area (Å²) >= 11 is 0. The van der Waals surface area contributed by atoms with Crippen LogP contribution in [0.5, 0.6) is 0 Å². The van der Waals surface area contributed by atoms with Gasteiger partial charge in [0, 0.05) is 13.1 Å². The van der Waals surface area contributed by atoms with Crippen LogP contribution in [0.2, 0.25) is 0 Å². The van der Waals surface area contributed by atoms with E-state index in [9.17, 15) is 0 Å². The van der Waals surface area contributed by atoms with Gasteiger partial charge in [-0.05, 0) is 33.1 Å². The Morgan fingerprint density at radius 1 is 1.18 bits per heavy atom. The maximum absolute atomic E-state index is 6.03. The monoisotopic (exact) mass is 155 g/mol. The average molecular weight is 155 g/mol. The third-order valence-corrected chi connectivity index (χ3v) is 2.80. The van der Waals surface area contributed by atoms with Gasteiger partial charge >= 0.3 is 0 Å². The number of hydrogen-bond donors (Lipinski definition) is 1. The number of ether oxygens (including phenoxy) is 1. The van der Waals surface area contributed by atoms with E-state index in [1.165, 1.54) is 19.3 Å². The molecule has 0 aromatic carbocycles. The van der Waals surface area contributed by atoms with Gasteiger partial charge in [-0.1, -0.05) is 0 Å². The Morgan fingerprint density at radius 3 is 2.27 bits per heavy atom. The van der Waals surface area contributed by atoms with Crippen LogP contribution in [-0.4, -0.2) is 24.3 Å². The highest BCUT2D eigenvalue weighted by molar-refractivity contribution is 4.99. The van der Waals surface area contributed by atoms with Gasteiger partial charge in [0.1, 0.15) is 0 Å². The molecular formula is C9H17NO. The lowest BCUT2D eigenvalue weighted by atomic mass is 9.83. The summed E-state index contributed by atoms with van der Waals surface area (Å²) in [6.07, 6.45) is 3.80. The van der Waals surface area contributed by atoms with Crippen molar-refractivity contribution < 1.29 is 4.74 Å². The summed E-state index contributed by atoms with van der Waals surface area (Å²) in [5.74, 6) is 0. The molecule has 0 aromatic heterocycles. The van der Waals surface area contributed by atoms with Gasteiger partial charge < -0.3 is 10.1 Å². The highest BCUT2D eigenvalue weighted by atomic mass is 16.5. The van der Waals surface area contributed by atoms with Crippen molar-refractivity contribution in [3.05, 3.63) is 0 Å². The molecule has 0 aliphatic carbocycles. The quantitative estimate of drug-likeness (QED) is 0.569. The minimum absolute atomic E-state index is 0.125. The van der Waals surface area contributed by atoms with Crippen molar-refractivity contribution in [2.75, 3.05) is 13.1 Å². The predicted molar refractivity (Wildman–Crippen MR) is 44.6 cm³/mol. The lowest BCUT2D eigenvalue weighted by molar-refractivity contribution is -0.193. The standard InChI is InChI=1S/C9H17NO/c1-8(2)4-3-5-9(11-8)6-10-7-9/h10H,3-7H2,1-2H3. The molecule has 2 nitrogen and oxygen atoms in total. The van der Waals surface area contributed by atoms with Crippen molar-refractivity contribution in [2.24, 2.45) is 0 Å². The first-order valence-electron chi connectivity index (χ1n) is 4.53. The summed E-state index contributed by atoms with van der Waals surface area (Å²) in [5.41, 5.74) is 0.349. The van der Waals surface area contributed by atoms with Gasteiger partial charge in [-0.25, -0.2) is 0 Å². The Balaban J connectivity index is 2.03. The molecule has 64 valence electrons. The van der Waals surface area contributed by atoms with E-state index in [-0.39, 0.29) is 11.2 Å². The first kappa shape index (κ1) is 7.56. The predicted octanol–water partition coefficient (Wildman–Crippen LogP) is 1.31. The third-order valence-electron chi connectivity index (χ3n) is 2.80. The first-order valence-corrected chi connectivity index (χ1v) is 4.53. The fourth-order valence-corrected chi connectivity index (χ4v) is 2.18. The van der Waals surface area contributed by atoms with E-state index in [1.807, 2.05) is 0 Å². The Hall–Kier alpha value is -0.0800. The van der Waals surface area contributed by atoms with Crippen LogP contribution < -0.4 is 5.32 Å². The van der Waals surface area contributed by atoms with Crippen molar-refractivity contribution in [3.8, 4) is 0 Å². The van der Waals surface area contributed by atoms with Crippen LogP contribution in [0.4, 0.5) is 0 Å². The lowest BCUT2D eigenvalue weighted by Crippen LogP contribution is -2.65. The van der Waals surface area contributed by atoms with E-state index in [1.54, 1.807) is 0 Å². The molecule has 2 rings (SSSR count). The van der Waals surface area contributed by atoms with Crippen LogP contribution >= 0.6 is 0 Å². The SMILES string of the molecule is CC1(C)CCCC2(CNC2)O1. The number of rotatable bonds is 0. The van der Waals surface area contributed by atoms with Crippen molar-refractivity contribution in [1.29, 1.82) is 0 Å². The molecule has 2 saturated heterocycles. The van der Waals surface area contributed by atoms with E-state index in [2.05, 4.69) is 19.2 Å². The summed E-state index contributed by atoms with van der Waals surface area (Å²) < 4.78 is 6.03. The van der Waals surface area contributed by atoms with Gasteiger partial charge in [-0.15, -0.1) is 0 Å². The molecule has 0 amide bonds. The lowest BCUT2D eigenvalue weighted by Gasteiger charge is -2.51. The molecule has 0 aromatic rings. The smallest absolute Gasteiger partial charge is 0.0937 e. The van der Waals surface area contributed by atoms with Crippen LogP contribution in [0.15, 0.2) is 0 Å². The normalized spacial score (nSPS) is 33.3. The Kier molecular flexibility index (Phi) is 1.52. The number of nitrogens with one attached hydrogen (secondary N) is 1. The summed E-state index contributed by atoms with van der Waals surface area (Å²) in [7, 11) is 0. The fraction of sp³-hybridized carbons (Fsp3) is 1.00. The van der Waals surface area contributed by atoms with E-state index in [0.29, 0.717) is 0 Å². The Labute approximate surface area is 68.3 Å². The van der Waals surface area contributed by atoms with Gasteiger partial charge in [0.2, 0.25) is 0 Å². The van der Waals surface area contributed by atoms with Crippen molar-refractivity contribution in [1.82, 2.24) is 5.32 Å². The second-order valence-corrected chi connectivity index (χ2v) is 4.50. The molecule has 2 aliphatic rings. The molecule has 11 heavy (non-hydrogen) atoms. The molecule has 0 saturated carbocycles. The van der Waals surface area contributed by atoms with E-state index >= 15 is 0 Å². The molecule has 0 atom stereocenters. The molecule has 2 heterocycles. The van der Waals surface area contributed by atoms with Crippen LogP contribution in [0.3, 0.4) is 0 Å². The summed E-state index contributed by atoms with van der Waals surface area (Å²) in [4.78, 5) is 0. The Morgan fingerprint density at radius 2 is 1.91 bits per heavy atom. The second-order valence-electron chi connectivity index (χ2n) is 4.50. The molecular weight excluding hydrogens is 138 g/mol. The maximum atomic E-state index is 6.03. The van der Waals surface area contributed by atoms with Gasteiger partial charge in [0.15, 0.2) is 0 Å². The summed E-state index contributed by atoms with van der Waals surface area (Å²) in [6, 6.07) is 0. The second kappa shape index (κ2) is 2.20. The van der Waals surface area contributed by atoms with Gasteiger partial charge in [0.05, 0.1) is 11.2 Å². The highest BCUT2D eigenvalue weighted by Gasteiger charge is 2.44. The molecule has 2 fully saturated rings. The molecule has 2 heteroatoms. The highest BCUT2D eigenvalue weighted by Crippen LogP contribution is 2.37. The molecule has 1 N–H and O–H groups in total. The maximum Gasteiger partial charge on any atom is 0.0937 e. The largest absolute Gasteiger partial charge is 0.366 e. The zero-order chi connectivity index (χ0) is 7.95. The number of hydrogen-bond acceptors (Lipinski definition) is 2. The summed E-state index contributed by atoms with van der Waals surface area (Å²) in [5, 5.41) is 3.28. The van der Waals surface area contributed by atoms with Crippen molar-refractivity contribution in [3.63, 3.8) is 0 Å². The van der Waals surface area contributed by atoms with Gasteiger partial charge in [0.25, 0.3) is 0 Å². The zero-order valence-electron chi connectivity index (χ0n) is 7.44. The summed E-state index contributed by atoms with van der Waals surface area (Å²) in [6.45, 7) is 6.53. The van der Waals surface area contributed by atoms with Gasteiger partial charge in [-0.3, -0.25) is 0 Å². The third kappa shape index (κ3) is 1.30. The van der Waals surface area contributed by atoms with Crippen LogP contribution in [0, 0.1) is 0 Å². The van der Waals surface area contributed by atoms with Crippen LogP contribution in [-0.2, 0) is 4.74 Å². The van der Waals surface area contributed by atoms with E-state index < -0.39 is 0 Å². The zero-order valence-corrected chi connectivity index (χ0v) is 7.44. The Bertz CT molecular complexity index is 161. The molecule has 1 spiro atoms. The van der Waals surface area contributed by atoms with E-state index in [4.69, 9.17) is 4.74 Å². The fourth-order valence-electron chi connectivity index (χ4n) is 2.18. The molecule has 0 radical (unpaired) electrons. The minimum atomic E-state index is 0.125. The van der Waals surface area contributed by atoms with Gasteiger partial charge in [-0.2, -0.15) is 0 Å². The van der Waals surface area contributed by atoms with Crippen molar-refractivity contribution in [2.45, 2.75) is 44.3 Å². The van der Waals surface area contributed by atoms with Crippen LogP contribution in [0.1, 0.15) is 33.1 Å². The molecule has 0 bridgehead atoms. The van der Waals surface area contributed by atoms with E-state index in [0.717, 1.165) is 13.1 Å². The first-order chi connectivity index (χ1) is 5.12. The molecule has 0 unspecified atom stereocenters. The average Bonchev–Trinajstić information content (AvgIpc) is 1.82. The topological polar surface area (TPSA) is 21.3 Å². The molecule has 2 aliphatic heterocycles. The minimum Gasteiger partial charge on any atom is -0.366 e. The van der Waals surface area contributed by atoms with Crippen LogP contribution in [0.25, 0.3) is 0 Å².